The van der Waals surface area contributed by atoms with E-state index in [1.54, 1.807) is 0 Å². The molecule has 0 aliphatic carbocycles. The van der Waals surface area contributed by atoms with E-state index in [0.29, 0.717) is 66.1 Å². The van der Waals surface area contributed by atoms with Crippen LogP contribution in [0.2, 0.25) is 0 Å². The van der Waals surface area contributed by atoms with Crippen molar-refractivity contribution >= 4 is 8.53 Å². The molecule has 0 aromatic heterocycles. The standard InChI is InChI=1S/C12H28NO8P/c13-22(15)21-12-11-20-10-9-19-8-7-18-6-5-17-4-3-16-2-1-14/h14-15H,1-13H2. The molecular formula is C12H28NO8P. The zero-order chi connectivity index (χ0) is 16.3. The third kappa shape index (κ3) is 20.1. The molecule has 9 nitrogen and oxygen atoms in total. The fourth-order valence-corrected chi connectivity index (χ4v) is 1.50. The SMILES string of the molecule is NP(O)OCCOCCOCCOCCOCCOCCO. The Bertz CT molecular complexity index is 214. The van der Waals surface area contributed by atoms with Crippen LogP contribution in [0.5, 0.6) is 0 Å². The molecule has 0 heterocycles. The first-order valence-electron chi connectivity index (χ1n) is 7.13. The van der Waals surface area contributed by atoms with E-state index in [2.05, 4.69) is 0 Å². The van der Waals surface area contributed by atoms with Crippen LogP contribution in [0.4, 0.5) is 0 Å². The maximum absolute atomic E-state index is 8.68. The summed E-state index contributed by atoms with van der Waals surface area (Å²) < 4.78 is 30.8. The minimum Gasteiger partial charge on any atom is -0.394 e. The fraction of sp³-hybridized carbons (Fsp3) is 1.00. The predicted molar refractivity (Wildman–Crippen MR) is 80.5 cm³/mol. The van der Waals surface area contributed by atoms with Crippen molar-refractivity contribution in [2.75, 3.05) is 79.3 Å². The fourth-order valence-electron chi connectivity index (χ4n) is 1.24. The highest BCUT2D eigenvalue weighted by atomic mass is 31.2. The summed E-state index contributed by atoms with van der Waals surface area (Å²) in [5.41, 5.74) is 5.04. The Balaban J connectivity index is 2.94. The molecule has 0 aliphatic heterocycles. The average Bonchev–Trinajstić information content (AvgIpc) is 2.50. The summed E-state index contributed by atoms with van der Waals surface area (Å²) in [5, 5.41) is 8.48. The van der Waals surface area contributed by atoms with Crippen LogP contribution >= 0.6 is 8.53 Å². The van der Waals surface area contributed by atoms with Crippen molar-refractivity contribution in [1.82, 2.24) is 0 Å². The first kappa shape index (κ1) is 22.1. The van der Waals surface area contributed by atoms with Gasteiger partial charge in [0.15, 0.2) is 0 Å². The molecule has 134 valence electrons. The first-order valence-corrected chi connectivity index (χ1v) is 8.41. The number of hydrogen-bond acceptors (Lipinski definition) is 9. The molecule has 0 bridgehead atoms. The van der Waals surface area contributed by atoms with E-state index in [-0.39, 0.29) is 13.2 Å². The van der Waals surface area contributed by atoms with Gasteiger partial charge in [0, 0.05) is 0 Å². The molecule has 0 saturated carbocycles. The lowest BCUT2D eigenvalue weighted by Gasteiger charge is -2.08. The van der Waals surface area contributed by atoms with Gasteiger partial charge in [-0.05, 0) is 0 Å². The second kappa shape index (κ2) is 19.1. The van der Waals surface area contributed by atoms with Crippen LogP contribution in [-0.4, -0.2) is 89.3 Å². The van der Waals surface area contributed by atoms with Crippen LogP contribution in [0.1, 0.15) is 0 Å². The Morgan fingerprint density at radius 2 is 0.909 bits per heavy atom. The lowest BCUT2D eigenvalue weighted by Crippen LogP contribution is -2.14. The lowest BCUT2D eigenvalue weighted by atomic mass is 10.7. The number of hydrogen-bond donors (Lipinski definition) is 3. The van der Waals surface area contributed by atoms with E-state index in [4.69, 9.17) is 43.7 Å². The molecule has 0 spiro atoms. The van der Waals surface area contributed by atoms with E-state index < -0.39 is 8.53 Å². The normalized spacial score (nSPS) is 12.7. The number of nitrogens with two attached hydrogens (primary N) is 1. The van der Waals surface area contributed by atoms with Crippen molar-refractivity contribution in [2.45, 2.75) is 0 Å². The van der Waals surface area contributed by atoms with Crippen molar-refractivity contribution in [3.05, 3.63) is 0 Å². The highest BCUT2D eigenvalue weighted by Crippen LogP contribution is 2.18. The number of rotatable bonds is 18. The van der Waals surface area contributed by atoms with Gasteiger partial charge in [0.2, 0.25) is 8.53 Å². The first-order chi connectivity index (χ1) is 10.8. The molecule has 22 heavy (non-hydrogen) atoms. The van der Waals surface area contributed by atoms with E-state index in [0.717, 1.165) is 0 Å². The molecule has 1 unspecified atom stereocenters. The third-order valence-electron chi connectivity index (χ3n) is 2.17. The summed E-state index contributed by atoms with van der Waals surface area (Å²) >= 11 is 0. The molecule has 0 aromatic carbocycles. The monoisotopic (exact) mass is 345 g/mol. The smallest absolute Gasteiger partial charge is 0.250 e. The van der Waals surface area contributed by atoms with Gasteiger partial charge in [-0.25, -0.2) is 0 Å². The van der Waals surface area contributed by atoms with Gasteiger partial charge in [0.1, 0.15) is 0 Å². The van der Waals surface area contributed by atoms with Crippen LogP contribution in [0, 0.1) is 0 Å². The Hall–Kier alpha value is 0.0700. The molecule has 4 N–H and O–H groups in total. The number of aliphatic hydroxyl groups is 1. The maximum Gasteiger partial charge on any atom is 0.250 e. The van der Waals surface area contributed by atoms with Gasteiger partial charge in [0.25, 0.3) is 0 Å². The van der Waals surface area contributed by atoms with Crippen LogP contribution in [0.15, 0.2) is 0 Å². The second-order valence-electron chi connectivity index (χ2n) is 3.92. The molecule has 0 saturated heterocycles. The minimum atomic E-state index is -1.80. The summed E-state index contributed by atoms with van der Waals surface area (Å²) in [5.74, 6) is 0. The van der Waals surface area contributed by atoms with Crippen molar-refractivity contribution < 1.29 is 38.2 Å². The predicted octanol–water partition coefficient (Wildman–Crippen LogP) is -0.744. The lowest BCUT2D eigenvalue weighted by molar-refractivity contribution is -0.0146. The summed E-state index contributed by atoms with van der Waals surface area (Å²) in [6.45, 7) is 4.88. The maximum atomic E-state index is 8.68. The van der Waals surface area contributed by atoms with Crippen molar-refractivity contribution in [3.63, 3.8) is 0 Å². The van der Waals surface area contributed by atoms with E-state index in [9.17, 15) is 0 Å². The summed E-state index contributed by atoms with van der Waals surface area (Å²) in [7, 11) is -1.80. The van der Waals surface area contributed by atoms with Gasteiger partial charge >= 0.3 is 0 Å². The molecular weight excluding hydrogens is 317 g/mol. The largest absolute Gasteiger partial charge is 0.394 e. The minimum absolute atomic E-state index is 0.0273. The molecule has 1 atom stereocenters. The number of ether oxygens (including phenoxy) is 5. The summed E-state index contributed by atoms with van der Waals surface area (Å²) in [6, 6.07) is 0. The Morgan fingerprint density at radius 3 is 1.23 bits per heavy atom. The van der Waals surface area contributed by atoms with Gasteiger partial charge in [-0.2, -0.15) is 0 Å². The molecule has 0 fully saturated rings. The van der Waals surface area contributed by atoms with Crippen molar-refractivity contribution in [2.24, 2.45) is 5.50 Å². The topological polar surface area (TPSA) is 122 Å². The molecule has 0 aliphatic rings. The molecule has 0 radical (unpaired) electrons. The second-order valence-corrected chi connectivity index (χ2v) is 4.78. The zero-order valence-corrected chi connectivity index (χ0v) is 13.7. The molecule has 10 heteroatoms. The van der Waals surface area contributed by atoms with E-state index >= 15 is 0 Å². The van der Waals surface area contributed by atoms with Crippen LogP contribution < -0.4 is 5.50 Å². The number of aliphatic hydroxyl groups excluding tert-OH is 1. The van der Waals surface area contributed by atoms with E-state index in [1.165, 1.54) is 0 Å². The van der Waals surface area contributed by atoms with E-state index in [1.807, 2.05) is 0 Å². The molecule has 0 aromatic rings. The van der Waals surface area contributed by atoms with Crippen LogP contribution in [0.3, 0.4) is 0 Å². The third-order valence-corrected chi connectivity index (χ3v) is 2.62. The van der Waals surface area contributed by atoms with Gasteiger partial charge in [0.05, 0.1) is 79.3 Å². The Labute approximate surface area is 132 Å². The van der Waals surface area contributed by atoms with Gasteiger partial charge in [-0.3, -0.25) is 5.50 Å². The van der Waals surface area contributed by atoms with Crippen molar-refractivity contribution in [3.8, 4) is 0 Å². The van der Waals surface area contributed by atoms with Crippen molar-refractivity contribution in [1.29, 1.82) is 0 Å². The van der Waals surface area contributed by atoms with Crippen LogP contribution in [0.25, 0.3) is 0 Å². The average molecular weight is 345 g/mol. The highest BCUT2D eigenvalue weighted by molar-refractivity contribution is 7.43. The highest BCUT2D eigenvalue weighted by Gasteiger charge is 1.96. The zero-order valence-electron chi connectivity index (χ0n) is 12.9. The Kier molecular flexibility index (Phi) is 19.2. The quantitative estimate of drug-likeness (QED) is 0.218. The Morgan fingerprint density at radius 1 is 0.591 bits per heavy atom. The van der Waals surface area contributed by atoms with Gasteiger partial charge in [-0.15, -0.1) is 0 Å². The molecule has 0 rings (SSSR count). The van der Waals surface area contributed by atoms with Gasteiger partial charge in [-0.1, -0.05) is 0 Å². The van der Waals surface area contributed by atoms with Crippen LogP contribution in [-0.2, 0) is 28.2 Å². The summed E-state index contributed by atoms with van der Waals surface area (Å²) in [4.78, 5) is 8.68. The molecule has 0 amide bonds. The van der Waals surface area contributed by atoms with Gasteiger partial charge < -0.3 is 38.2 Å². The summed E-state index contributed by atoms with van der Waals surface area (Å²) in [6.07, 6.45) is 0.